The van der Waals surface area contributed by atoms with Crippen molar-refractivity contribution >= 4 is 27.1 Å². The normalized spacial score (nSPS) is 12.0. The van der Waals surface area contributed by atoms with E-state index in [1.165, 1.54) is 0 Å². The van der Waals surface area contributed by atoms with Crippen LogP contribution in [0.15, 0.2) is 48.8 Å². The Labute approximate surface area is 181 Å². The second-order valence-corrected chi connectivity index (χ2v) is 9.60. The summed E-state index contributed by atoms with van der Waals surface area (Å²) in [6, 6.07) is 13.5. The van der Waals surface area contributed by atoms with E-state index in [0.717, 1.165) is 28.8 Å². The zero-order chi connectivity index (χ0) is 22.3. The van der Waals surface area contributed by atoms with Crippen LogP contribution in [0.1, 0.15) is 13.8 Å². The van der Waals surface area contributed by atoms with E-state index in [2.05, 4.69) is 23.8 Å². The lowest BCUT2D eigenvalue weighted by Gasteiger charge is -2.13. The quantitative estimate of drug-likeness (QED) is 0.460. The molecule has 0 radical (unpaired) electrons. The lowest BCUT2D eigenvalue weighted by Crippen LogP contribution is -2.08. The molecule has 0 saturated carbocycles. The third kappa shape index (κ3) is 4.13. The molecule has 0 unspecified atom stereocenters. The molecule has 162 valence electrons. The summed E-state index contributed by atoms with van der Waals surface area (Å²) < 4.78 is 33.0. The van der Waals surface area contributed by atoms with Crippen LogP contribution < -0.4 is 9.92 Å². The third-order valence-corrected chi connectivity index (χ3v) is 5.38. The van der Waals surface area contributed by atoms with Crippen molar-refractivity contribution in [3.63, 3.8) is 0 Å². The maximum absolute atomic E-state index is 12.0. The summed E-state index contributed by atoms with van der Waals surface area (Å²) >= 11 is 0. The number of hydrogen-bond acceptors (Lipinski definition) is 6. The van der Waals surface area contributed by atoms with Crippen molar-refractivity contribution in [2.75, 3.05) is 12.0 Å². The van der Waals surface area contributed by atoms with Gasteiger partial charge in [0.1, 0.15) is 5.52 Å². The summed E-state index contributed by atoms with van der Waals surface area (Å²) in [6.45, 7) is 4.80. The highest BCUT2D eigenvalue weighted by Crippen LogP contribution is 2.38. The Kier molecular flexibility index (Phi) is 5.22. The molecule has 2 heterocycles. The predicted octanol–water partition coefficient (Wildman–Crippen LogP) is 3.68. The van der Waals surface area contributed by atoms with Gasteiger partial charge >= 0.3 is 10.1 Å². The van der Waals surface area contributed by atoms with Crippen LogP contribution in [0.25, 0.3) is 33.5 Å². The molecule has 0 saturated heterocycles. The van der Waals surface area contributed by atoms with Crippen LogP contribution in [0.5, 0.6) is 5.75 Å². The Morgan fingerprint density at radius 2 is 1.84 bits per heavy atom. The Bertz CT molecular complexity index is 1360. The number of anilines is 1. The van der Waals surface area contributed by atoms with Crippen molar-refractivity contribution in [2.45, 2.75) is 20.4 Å². The maximum Gasteiger partial charge on any atom is 0.306 e. The van der Waals surface area contributed by atoms with Gasteiger partial charge in [0, 0.05) is 24.7 Å². The van der Waals surface area contributed by atoms with Gasteiger partial charge in [0.15, 0.2) is 5.75 Å². The summed E-state index contributed by atoms with van der Waals surface area (Å²) in [7, 11) is -1.87. The number of nitrogens with zero attached hydrogens (tertiary/aromatic N) is 4. The van der Waals surface area contributed by atoms with Crippen LogP contribution in [0.2, 0.25) is 0 Å². The molecule has 0 aliphatic heterocycles. The van der Waals surface area contributed by atoms with E-state index in [1.807, 2.05) is 52.6 Å². The van der Waals surface area contributed by atoms with E-state index in [0.29, 0.717) is 29.4 Å². The zero-order valence-electron chi connectivity index (χ0n) is 17.9. The largest absolute Gasteiger partial charge is 0.380 e. The van der Waals surface area contributed by atoms with Crippen LogP contribution in [0, 0.1) is 5.92 Å². The molecule has 0 amide bonds. The summed E-state index contributed by atoms with van der Waals surface area (Å²) in [5.41, 5.74) is 10.6. The SMILES string of the molecule is CC(C)Cn1c(N)nc2c(OS(C)(=O)=O)cc(-c3c(-c4ccccc4)ncn3C)cc21. The first-order valence-electron chi connectivity index (χ1n) is 9.90. The molecule has 0 fully saturated rings. The van der Waals surface area contributed by atoms with Crippen molar-refractivity contribution in [3.05, 3.63) is 48.8 Å². The highest BCUT2D eigenvalue weighted by Gasteiger charge is 2.21. The fraction of sp³-hybridized carbons (Fsp3) is 0.273. The number of hydrogen-bond donors (Lipinski definition) is 1. The van der Waals surface area contributed by atoms with E-state index >= 15 is 0 Å². The molecule has 8 nitrogen and oxygen atoms in total. The van der Waals surface area contributed by atoms with Crippen LogP contribution in [0.3, 0.4) is 0 Å². The van der Waals surface area contributed by atoms with E-state index < -0.39 is 10.1 Å². The minimum Gasteiger partial charge on any atom is -0.380 e. The summed E-state index contributed by atoms with van der Waals surface area (Å²) in [5, 5.41) is 0. The molecule has 0 aliphatic rings. The average molecular weight is 440 g/mol. The third-order valence-electron chi connectivity index (χ3n) is 4.90. The summed E-state index contributed by atoms with van der Waals surface area (Å²) in [6.07, 6.45) is 2.75. The van der Waals surface area contributed by atoms with Gasteiger partial charge in [0.05, 0.1) is 29.5 Å². The van der Waals surface area contributed by atoms with Gasteiger partial charge in [-0.05, 0) is 18.1 Å². The average Bonchev–Trinajstić information content (AvgIpc) is 3.22. The van der Waals surface area contributed by atoms with Gasteiger partial charge in [-0.3, -0.25) is 0 Å². The second kappa shape index (κ2) is 7.73. The standard InChI is InChI=1S/C22H25N5O3S/c1-14(2)12-27-17-10-16(11-18(30-31(4,28)29)20(17)25-22(27)23)21-19(24-13-26(21)3)15-8-6-5-7-9-15/h5-11,13-14H,12H2,1-4H3,(H2,23,25). The highest BCUT2D eigenvalue weighted by atomic mass is 32.2. The van der Waals surface area contributed by atoms with Crippen LogP contribution in [0.4, 0.5) is 5.95 Å². The van der Waals surface area contributed by atoms with Gasteiger partial charge in [-0.25, -0.2) is 9.97 Å². The first-order chi connectivity index (χ1) is 14.6. The lowest BCUT2D eigenvalue weighted by molar-refractivity contribution is 0.495. The van der Waals surface area contributed by atoms with E-state index in [1.54, 1.807) is 12.4 Å². The molecule has 4 aromatic rings. The molecule has 2 N–H and O–H groups in total. The molecule has 0 bridgehead atoms. The Hall–Kier alpha value is -3.33. The first kappa shape index (κ1) is 20.9. The van der Waals surface area contributed by atoms with E-state index in [4.69, 9.17) is 9.92 Å². The number of imidazole rings is 2. The molecule has 2 aromatic heterocycles. The first-order valence-corrected chi connectivity index (χ1v) is 11.7. The Morgan fingerprint density at radius 3 is 2.48 bits per heavy atom. The number of benzene rings is 2. The van der Waals surface area contributed by atoms with Crippen molar-refractivity contribution in [3.8, 4) is 28.3 Å². The molecule has 31 heavy (non-hydrogen) atoms. The minimum absolute atomic E-state index is 0.143. The smallest absolute Gasteiger partial charge is 0.306 e. The van der Waals surface area contributed by atoms with Crippen molar-refractivity contribution in [1.29, 1.82) is 0 Å². The van der Waals surface area contributed by atoms with E-state index in [-0.39, 0.29) is 5.75 Å². The molecule has 0 atom stereocenters. The number of aromatic nitrogens is 4. The van der Waals surface area contributed by atoms with Gasteiger partial charge in [-0.1, -0.05) is 44.2 Å². The lowest BCUT2D eigenvalue weighted by atomic mass is 10.0. The molecular weight excluding hydrogens is 414 g/mol. The maximum atomic E-state index is 12.0. The monoisotopic (exact) mass is 439 g/mol. The summed E-state index contributed by atoms with van der Waals surface area (Å²) in [4.78, 5) is 8.98. The van der Waals surface area contributed by atoms with Gasteiger partial charge in [-0.2, -0.15) is 8.42 Å². The fourth-order valence-corrected chi connectivity index (χ4v) is 4.16. The fourth-order valence-electron chi connectivity index (χ4n) is 3.71. The minimum atomic E-state index is -3.77. The molecule has 0 spiro atoms. The second-order valence-electron chi connectivity index (χ2n) is 8.02. The van der Waals surface area contributed by atoms with Crippen molar-refractivity contribution < 1.29 is 12.6 Å². The van der Waals surface area contributed by atoms with Crippen LogP contribution >= 0.6 is 0 Å². The molecular formula is C22H25N5O3S. The number of nitrogen functional groups attached to an aromatic ring is 1. The Balaban J connectivity index is 2.01. The molecule has 2 aromatic carbocycles. The Morgan fingerprint density at radius 1 is 1.13 bits per heavy atom. The van der Waals surface area contributed by atoms with E-state index in [9.17, 15) is 8.42 Å². The zero-order valence-corrected chi connectivity index (χ0v) is 18.7. The van der Waals surface area contributed by atoms with Gasteiger partial charge < -0.3 is 19.1 Å². The highest BCUT2D eigenvalue weighted by molar-refractivity contribution is 7.86. The van der Waals surface area contributed by atoms with Crippen molar-refractivity contribution in [1.82, 2.24) is 19.1 Å². The van der Waals surface area contributed by atoms with Gasteiger partial charge in [0.25, 0.3) is 0 Å². The summed E-state index contributed by atoms with van der Waals surface area (Å²) in [5.74, 6) is 0.774. The number of rotatable bonds is 6. The number of fused-ring (bicyclic) bond motifs is 1. The molecule has 9 heteroatoms. The topological polar surface area (TPSA) is 105 Å². The number of aryl methyl sites for hydroxylation is 1. The molecule has 0 aliphatic carbocycles. The van der Waals surface area contributed by atoms with Gasteiger partial charge in [0.2, 0.25) is 5.95 Å². The molecule has 4 rings (SSSR count). The number of nitrogens with two attached hydrogens (primary N) is 1. The van der Waals surface area contributed by atoms with Crippen LogP contribution in [-0.2, 0) is 23.7 Å². The van der Waals surface area contributed by atoms with Gasteiger partial charge in [-0.15, -0.1) is 0 Å². The van der Waals surface area contributed by atoms with Crippen molar-refractivity contribution in [2.24, 2.45) is 13.0 Å². The predicted molar refractivity (Wildman–Crippen MR) is 122 cm³/mol. The van der Waals surface area contributed by atoms with Crippen LogP contribution in [-0.4, -0.2) is 33.8 Å².